The SMILES string of the molecule is CCCCn1c(-c2ccccc2)nc(C(F)(F)F)c1CN(Cc1ccc2c(c1)OCO2)Cc1ccc2c(ccn2C)c1. The highest BCUT2D eigenvalue weighted by molar-refractivity contribution is 5.80. The molecule has 0 unspecified atom stereocenters. The monoisotopic (exact) mass is 574 g/mol. The van der Waals surface area contributed by atoms with E-state index in [0.29, 0.717) is 42.5 Å². The van der Waals surface area contributed by atoms with Gasteiger partial charge in [0, 0.05) is 50.5 Å². The van der Waals surface area contributed by atoms with Gasteiger partial charge in [0.25, 0.3) is 0 Å². The molecule has 218 valence electrons. The van der Waals surface area contributed by atoms with E-state index in [-0.39, 0.29) is 19.0 Å². The molecule has 0 saturated carbocycles. The van der Waals surface area contributed by atoms with Gasteiger partial charge in [-0.25, -0.2) is 4.98 Å². The molecule has 3 aromatic carbocycles. The number of aromatic nitrogens is 3. The highest BCUT2D eigenvalue weighted by Gasteiger charge is 2.39. The lowest BCUT2D eigenvalue weighted by Crippen LogP contribution is -2.26. The number of imidazole rings is 1. The molecule has 0 bridgehead atoms. The highest BCUT2D eigenvalue weighted by Crippen LogP contribution is 2.37. The summed E-state index contributed by atoms with van der Waals surface area (Å²) in [7, 11) is 1.99. The van der Waals surface area contributed by atoms with Crippen LogP contribution in [0.1, 0.15) is 42.3 Å². The fraction of sp³-hybridized carbons (Fsp3) is 0.303. The zero-order valence-corrected chi connectivity index (χ0v) is 23.7. The average molecular weight is 575 g/mol. The molecule has 0 spiro atoms. The second-order valence-corrected chi connectivity index (χ2v) is 10.8. The van der Waals surface area contributed by atoms with Crippen LogP contribution < -0.4 is 9.47 Å². The zero-order valence-electron chi connectivity index (χ0n) is 23.7. The topological polar surface area (TPSA) is 44.5 Å². The smallest absolute Gasteiger partial charge is 0.435 e. The number of aryl methyl sites for hydroxylation is 1. The summed E-state index contributed by atoms with van der Waals surface area (Å²) in [6.45, 7) is 3.59. The van der Waals surface area contributed by atoms with Crippen LogP contribution in [-0.2, 0) is 39.4 Å². The fourth-order valence-electron chi connectivity index (χ4n) is 5.60. The lowest BCUT2D eigenvalue weighted by atomic mass is 10.1. The maximum Gasteiger partial charge on any atom is 0.435 e. The van der Waals surface area contributed by atoms with Gasteiger partial charge in [0.05, 0.1) is 5.69 Å². The molecule has 1 aliphatic rings. The molecule has 0 fully saturated rings. The summed E-state index contributed by atoms with van der Waals surface area (Å²) < 4.78 is 58.6. The van der Waals surface area contributed by atoms with Crippen LogP contribution in [0.4, 0.5) is 13.2 Å². The lowest BCUT2D eigenvalue weighted by Gasteiger charge is -2.25. The van der Waals surface area contributed by atoms with Gasteiger partial charge >= 0.3 is 6.18 Å². The first-order chi connectivity index (χ1) is 20.3. The number of benzene rings is 3. The van der Waals surface area contributed by atoms with Gasteiger partial charge in [0.15, 0.2) is 17.2 Å². The summed E-state index contributed by atoms with van der Waals surface area (Å²) >= 11 is 0. The maximum atomic E-state index is 14.6. The second kappa shape index (κ2) is 11.6. The summed E-state index contributed by atoms with van der Waals surface area (Å²) in [6.07, 6.45) is -0.992. The average Bonchev–Trinajstić information content (AvgIpc) is 3.69. The third-order valence-electron chi connectivity index (χ3n) is 7.68. The second-order valence-electron chi connectivity index (χ2n) is 10.8. The van der Waals surface area contributed by atoms with E-state index < -0.39 is 11.9 Å². The Balaban J connectivity index is 1.42. The molecule has 9 heteroatoms. The minimum Gasteiger partial charge on any atom is -0.454 e. The molecule has 0 atom stereocenters. The van der Waals surface area contributed by atoms with E-state index in [4.69, 9.17) is 9.47 Å². The minimum absolute atomic E-state index is 0.0691. The molecule has 0 amide bonds. The van der Waals surface area contributed by atoms with E-state index in [9.17, 15) is 13.2 Å². The quantitative estimate of drug-likeness (QED) is 0.171. The van der Waals surface area contributed by atoms with E-state index >= 15 is 0 Å². The molecule has 0 aliphatic carbocycles. The Morgan fingerprint density at radius 1 is 0.881 bits per heavy atom. The number of fused-ring (bicyclic) bond motifs is 2. The zero-order chi connectivity index (χ0) is 29.3. The van der Waals surface area contributed by atoms with Gasteiger partial charge in [0.1, 0.15) is 5.82 Å². The molecule has 42 heavy (non-hydrogen) atoms. The number of alkyl halides is 3. The van der Waals surface area contributed by atoms with Gasteiger partial charge in [-0.2, -0.15) is 13.2 Å². The molecule has 0 radical (unpaired) electrons. The maximum absolute atomic E-state index is 14.6. The van der Waals surface area contributed by atoms with Crippen molar-refractivity contribution < 1.29 is 22.6 Å². The van der Waals surface area contributed by atoms with Crippen molar-refractivity contribution in [3.8, 4) is 22.9 Å². The molecule has 2 aromatic heterocycles. The van der Waals surface area contributed by atoms with Gasteiger partial charge in [-0.3, -0.25) is 4.90 Å². The molecular formula is C33H33F3N4O2. The van der Waals surface area contributed by atoms with E-state index in [0.717, 1.165) is 34.9 Å². The van der Waals surface area contributed by atoms with Crippen molar-refractivity contribution in [1.82, 2.24) is 19.0 Å². The number of unbranched alkanes of at least 4 members (excludes halogenated alkanes) is 1. The third kappa shape index (κ3) is 5.74. The molecule has 5 aromatic rings. The Hall–Kier alpha value is -4.24. The minimum atomic E-state index is -4.59. The Bertz CT molecular complexity index is 1690. The Labute approximate surface area is 242 Å². The fourth-order valence-corrected chi connectivity index (χ4v) is 5.60. The van der Waals surface area contributed by atoms with Crippen molar-refractivity contribution in [3.63, 3.8) is 0 Å². The Morgan fingerprint density at radius 3 is 2.38 bits per heavy atom. The predicted octanol–water partition coefficient (Wildman–Crippen LogP) is 7.79. The van der Waals surface area contributed by atoms with Crippen LogP contribution >= 0.6 is 0 Å². The lowest BCUT2D eigenvalue weighted by molar-refractivity contribution is -0.141. The van der Waals surface area contributed by atoms with E-state index in [2.05, 4.69) is 27.8 Å². The largest absolute Gasteiger partial charge is 0.454 e. The number of hydrogen-bond acceptors (Lipinski definition) is 4. The summed E-state index contributed by atoms with van der Waals surface area (Å²) in [5, 5.41) is 1.09. The molecule has 6 rings (SSSR count). The van der Waals surface area contributed by atoms with E-state index in [1.54, 1.807) is 4.57 Å². The van der Waals surface area contributed by atoms with Crippen LogP contribution in [0.25, 0.3) is 22.3 Å². The molecule has 0 saturated heterocycles. The van der Waals surface area contributed by atoms with Crippen molar-refractivity contribution in [2.45, 2.75) is 52.1 Å². The summed E-state index contributed by atoms with van der Waals surface area (Å²) in [4.78, 5) is 6.28. The number of ether oxygens (including phenoxy) is 2. The van der Waals surface area contributed by atoms with Crippen molar-refractivity contribution in [2.24, 2.45) is 7.05 Å². The predicted molar refractivity (Wildman–Crippen MR) is 156 cm³/mol. The summed E-state index contributed by atoms with van der Waals surface area (Å²) in [5.74, 6) is 1.66. The van der Waals surface area contributed by atoms with Crippen molar-refractivity contribution in [3.05, 3.63) is 102 Å². The van der Waals surface area contributed by atoms with Gasteiger partial charge in [-0.15, -0.1) is 0 Å². The van der Waals surface area contributed by atoms with E-state index in [1.807, 2.05) is 79.7 Å². The first-order valence-electron chi connectivity index (χ1n) is 14.2. The molecule has 1 aliphatic heterocycles. The summed E-state index contributed by atoms with van der Waals surface area (Å²) in [5.41, 5.74) is 3.07. The number of hydrogen-bond donors (Lipinski definition) is 0. The van der Waals surface area contributed by atoms with Crippen LogP contribution in [0.5, 0.6) is 11.5 Å². The van der Waals surface area contributed by atoms with Gasteiger partial charge in [-0.1, -0.05) is 55.8 Å². The van der Waals surface area contributed by atoms with E-state index in [1.165, 1.54) is 0 Å². The third-order valence-corrected chi connectivity index (χ3v) is 7.68. The number of rotatable bonds is 10. The van der Waals surface area contributed by atoms with Crippen molar-refractivity contribution in [2.75, 3.05) is 6.79 Å². The van der Waals surface area contributed by atoms with Gasteiger partial charge in [-0.05, 0) is 53.3 Å². The van der Waals surface area contributed by atoms with Crippen LogP contribution in [-0.4, -0.2) is 25.8 Å². The number of halogens is 3. The Kier molecular flexibility index (Phi) is 7.68. The first kappa shape index (κ1) is 27.9. The molecule has 6 nitrogen and oxygen atoms in total. The van der Waals surface area contributed by atoms with Crippen molar-refractivity contribution >= 4 is 10.9 Å². The molecule has 3 heterocycles. The summed E-state index contributed by atoms with van der Waals surface area (Å²) in [6, 6.07) is 23.1. The molecular weight excluding hydrogens is 541 g/mol. The molecule has 0 N–H and O–H groups in total. The normalized spacial score (nSPS) is 13.0. The standard InChI is InChI=1S/C33H33F3N4O2/c1-3-4-15-40-28(31(33(34,35)36)37-32(40)25-8-6-5-7-9-25)21-39(20-24-11-13-29-30(18-24)42-22-41-29)19-23-10-12-27-26(17-23)14-16-38(27)2/h5-14,16-18H,3-4,15,19-22H2,1-2H3. The Morgan fingerprint density at radius 2 is 1.62 bits per heavy atom. The first-order valence-corrected chi connectivity index (χ1v) is 14.2. The van der Waals surface area contributed by atoms with Crippen LogP contribution in [0.3, 0.4) is 0 Å². The highest BCUT2D eigenvalue weighted by atomic mass is 19.4. The van der Waals surface area contributed by atoms with Gasteiger partial charge < -0.3 is 18.6 Å². The van der Waals surface area contributed by atoms with Gasteiger partial charge in [0.2, 0.25) is 6.79 Å². The van der Waals surface area contributed by atoms with Crippen molar-refractivity contribution in [1.29, 1.82) is 0 Å². The number of nitrogens with zero attached hydrogens (tertiary/aromatic N) is 4. The van der Waals surface area contributed by atoms with Crippen LogP contribution in [0.2, 0.25) is 0 Å². The van der Waals surface area contributed by atoms with Crippen LogP contribution in [0, 0.1) is 0 Å². The van der Waals surface area contributed by atoms with Crippen LogP contribution in [0.15, 0.2) is 79.0 Å².